The fourth-order valence-corrected chi connectivity index (χ4v) is 2.90. The van der Waals surface area contributed by atoms with Gasteiger partial charge in [0.1, 0.15) is 5.75 Å². The lowest BCUT2D eigenvalue weighted by molar-refractivity contribution is 0.340. The van der Waals surface area contributed by atoms with Gasteiger partial charge in [0.2, 0.25) is 0 Å². The van der Waals surface area contributed by atoms with E-state index in [0.717, 1.165) is 18.7 Å². The first-order valence-corrected chi connectivity index (χ1v) is 7.70. The molecule has 0 saturated heterocycles. The lowest BCUT2D eigenvalue weighted by Crippen LogP contribution is -2.22. The second kappa shape index (κ2) is 7.31. The minimum absolute atomic E-state index is 0.374. The molecule has 0 bridgehead atoms. The van der Waals surface area contributed by atoms with E-state index in [9.17, 15) is 0 Å². The first-order valence-electron chi connectivity index (χ1n) is 6.82. The van der Waals surface area contributed by atoms with Gasteiger partial charge in [0.15, 0.2) is 0 Å². The van der Waals surface area contributed by atoms with Crippen LogP contribution in [0.25, 0.3) is 0 Å². The minimum Gasteiger partial charge on any atom is -0.494 e. The Morgan fingerprint density at radius 2 is 1.95 bits per heavy atom. The number of hydrogen-bond donors (Lipinski definition) is 1. The van der Waals surface area contributed by atoms with Crippen LogP contribution in [-0.4, -0.2) is 13.2 Å². The average molecular weight is 275 g/mol. The second-order valence-corrected chi connectivity index (χ2v) is 5.43. The number of ether oxygens (including phenoxy) is 1. The van der Waals surface area contributed by atoms with Gasteiger partial charge in [0, 0.05) is 17.3 Å². The maximum Gasteiger partial charge on any atom is 0.119 e. The van der Waals surface area contributed by atoms with Gasteiger partial charge in [-0.2, -0.15) is 0 Å². The van der Waals surface area contributed by atoms with Crippen molar-refractivity contribution in [3.63, 3.8) is 0 Å². The molecule has 1 atom stereocenters. The normalized spacial score (nSPS) is 12.3. The Morgan fingerprint density at radius 3 is 2.53 bits per heavy atom. The molecule has 0 amide bonds. The van der Waals surface area contributed by atoms with Crippen LogP contribution in [0.2, 0.25) is 0 Å². The van der Waals surface area contributed by atoms with Gasteiger partial charge >= 0.3 is 0 Å². The molecule has 1 aromatic heterocycles. The van der Waals surface area contributed by atoms with Crippen molar-refractivity contribution in [2.24, 2.45) is 0 Å². The molecule has 2 nitrogen and oxygen atoms in total. The van der Waals surface area contributed by atoms with E-state index in [1.807, 2.05) is 18.3 Å². The van der Waals surface area contributed by atoms with Crippen molar-refractivity contribution in [1.29, 1.82) is 0 Å². The monoisotopic (exact) mass is 275 g/mol. The third kappa shape index (κ3) is 4.08. The maximum atomic E-state index is 5.49. The van der Waals surface area contributed by atoms with E-state index >= 15 is 0 Å². The molecule has 2 aromatic rings. The SMILES string of the molecule is CCNC(Cc1cccs1)c1ccc(OCC)cc1. The molecule has 19 heavy (non-hydrogen) atoms. The van der Waals surface area contributed by atoms with Crippen molar-refractivity contribution >= 4 is 11.3 Å². The Balaban J connectivity index is 2.09. The van der Waals surface area contributed by atoms with Gasteiger partial charge in [-0.05, 0) is 42.6 Å². The number of hydrogen-bond acceptors (Lipinski definition) is 3. The first kappa shape index (κ1) is 14.1. The zero-order valence-electron chi connectivity index (χ0n) is 11.6. The van der Waals surface area contributed by atoms with Crippen molar-refractivity contribution in [1.82, 2.24) is 5.32 Å². The largest absolute Gasteiger partial charge is 0.494 e. The van der Waals surface area contributed by atoms with Crippen LogP contribution in [-0.2, 0) is 6.42 Å². The van der Waals surface area contributed by atoms with E-state index in [4.69, 9.17) is 4.74 Å². The maximum absolute atomic E-state index is 5.49. The van der Waals surface area contributed by atoms with Crippen molar-refractivity contribution in [2.75, 3.05) is 13.2 Å². The van der Waals surface area contributed by atoms with Crippen LogP contribution < -0.4 is 10.1 Å². The lowest BCUT2D eigenvalue weighted by atomic mass is 10.0. The fourth-order valence-electron chi connectivity index (χ4n) is 2.15. The summed E-state index contributed by atoms with van der Waals surface area (Å²) in [4.78, 5) is 1.42. The molecule has 1 unspecified atom stereocenters. The minimum atomic E-state index is 0.374. The Labute approximate surface area is 119 Å². The van der Waals surface area contributed by atoms with Crippen molar-refractivity contribution < 1.29 is 4.74 Å². The first-order chi connectivity index (χ1) is 9.33. The third-order valence-corrected chi connectivity index (χ3v) is 3.93. The molecular weight excluding hydrogens is 254 g/mol. The lowest BCUT2D eigenvalue weighted by Gasteiger charge is -2.18. The molecule has 0 fully saturated rings. The summed E-state index contributed by atoms with van der Waals surface area (Å²) in [6.07, 6.45) is 1.04. The van der Waals surface area contributed by atoms with E-state index in [1.54, 1.807) is 0 Å². The van der Waals surface area contributed by atoms with Crippen LogP contribution in [0.3, 0.4) is 0 Å². The predicted molar refractivity (Wildman–Crippen MR) is 82.1 cm³/mol. The topological polar surface area (TPSA) is 21.3 Å². The molecular formula is C16H21NOS. The highest BCUT2D eigenvalue weighted by molar-refractivity contribution is 7.09. The van der Waals surface area contributed by atoms with Crippen LogP contribution >= 0.6 is 11.3 Å². The molecule has 0 aliphatic rings. The average Bonchev–Trinajstić information content (AvgIpc) is 2.93. The third-order valence-electron chi connectivity index (χ3n) is 3.03. The molecule has 102 valence electrons. The zero-order valence-corrected chi connectivity index (χ0v) is 12.4. The van der Waals surface area contributed by atoms with Gasteiger partial charge in [-0.1, -0.05) is 25.1 Å². The number of likely N-dealkylation sites (N-methyl/N-ethyl adjacent to an activating group) is 1. The van der Waals surface area contributed by atoms with Gasteiger partial charge in [-0.25, -0.2) is 0 Å². The van der Waals surface area contributed by atoms with Gasteiger partial charge < -0.3 is 10.1 Å². The molecule has 0 spiro atoms. The Morgan fingerprint density at radius 1 is 1.16 bits per heavy atom. The Bertz CT molecular complexity index is 464. The number of rotatable bonds is 7. The number of benzene rings is 1. The summed E-state index contributed by atoms with van der Waals surface area (Å²) in [5.41, 5.74) is 1.32. The quantitative estimate of drug-likeness (QED) is 0.823. The Kier molecular flexibility index (Phi) is 5.43. The molecule has 0 aliphatic heterocycles. The molecule has 1 aromatic carbocycles. The molecule has 0 aliphatic carbocycles. The summed E-state index contributed by atoms with van der Waals surface area (Å²) >= 11 is 1.82. The van der Waals surface area contributed by atoms with Crippen LogP contribution in [0, 0.1) is 0 Å². The summed E-state index contributed by atoms with van der Waals surface area (Å²) in [7, 11) is 0. The summed E-state index contributed by atoms with van der Waals surface area (Å²) in [6.45, 7) is 5.84. The van der Waals surface area contributed by atoms with E-state index < -0.39 is 0 Å². The van der Waals surface area contributed by atoms with Gasteiger partial charge in [0.25, 0.3) is 0 Å². The molecule has 0 radical (unpaired) electrons. The van der Waals surface area contributed by atoms with Crippen LogP contribution in [0.4, 0.5) is 0 Å². The Hall–Kier alpha value is -1.32. The summed E-state index contributed by atoms with van der Waals surface area (Å²) in [6, 6.07) is 13.1. The molecule has 1 N–H and O–H groups in total. The van der Waals surface area contributed by atoms with E-state index in [1.165, 1.54) is 10.4 Å². The van der Waals surface area contributed by atoms with Crippen LogP contribution in [0.15, 0.2) is 41.8 Å². The highest BCUT2D eigenvalue weighted by Gasteiger charge is 2.11. The smallest absolute Gasteiger partial charge is 0.119 e. The van der Waals surface area contributed by atoms with Crippen LogP contribution in [0.5, 0.6) is 5.75 Å². The van der Waals surface area contributed by atoms with E-state index in [0.29, 0.717) is 12.6 Å². The predicted octanol–water partition coefficient (Wildman–Crippen LogP) is 4.04. The van der Waals surface area contributed by atoms with Crippen molar-refractivity contribution in [3.8, 4) is 5.75 Å². The summed E-state index contributed by atoms with van der Waals surface area (Å²) < 4.78 is 5.49. The van der Waals surface area contributed by atoms with Crippen molar-refractivity contribution in [2.45, 2.75) is 26.3 Å². The standard InChI is InChI=1S/C16H21NOS/c1-3-17-16(12-15-6-5-11-19-15)13-7-9-14(10-8-13)18-4-2/h5-11,16-17H,3-4,12H2,1-2H3. The van der Waals surface area contributed by atoms with Gasteiger partial charge in [-0.15, -0.1) is 11.3 Å². The van der Waals surface area contributed by atoms with E-state index in [2.05, 4.69) is 54.0 Å². The number of nitrogens with one attached hydrogen (secondary N) is 1. The number of thiophene rings is 1. The molecule has 3 heteroatoms. The fraction of sp³-hybridized carbons (Fsp3) is 0.375. The van der Waals surface area contributed by atoms with Crippen molar-refractivity contribution in [3.05, 3.63) is 52.2 Å². The van der Waals surface area contributed by atoms with Gasteiger partial charge in [-0.3, -0.25) is 0 Å². The highest BCUT2D eigenvalue weighted by Crippen LogP contribution is 2.23. The van der Waals surface area contributed by atoms with E-state index in [-0.39, 0.29) is 0 Å². The van der Waals surface area contributed by atoms with Gasteiger partial charge in [0.05, 0.1) is 6.61 Å². The molecule has 1 heterocycles. The van der Waals surface area contributed by atoms with Crippen LogP contribution in [0.1, 0.15) is 30.3 Å². The zero-order chi connectivity index (χ0) is 13.5. The second-order valence-electron chi connectivity index (χ2n) is 4.40. The summed E-state index contributed by atoms with van der Waals surface area (Å²) in [5.74, 6) is 0.942. The molecule has 0 saturated carbocycles. The highest BCUT2D eigenvalue weighted by atomic mass is 32.1. The molecule has 2 rings (SSSR count). The summed E-state index contributed by atoms with van der Waals surface area (Å²) in [5, 5.41) is 5.69.